The second kappa shape index (κ2) is 12.8. The van der Waals surface area contributed by atoms with E-state index >= 15 is 4.39 Å². The van der Waals surface area contributed by atoms with Gasteiger partial charge in [0.15, 0.2) is 5.82 Å². The van der Waals surface area contributed by atoms with Gasteiger partial charge in [0.05, 0.1) is 34.0 Å². The van der Waals surface area contributed by atoms with Crippen LogP contribution in [-0.4, -0.2) is 75.2 Å². The molecule has 10 nitrogen and oxygen atoms in total. The Balaban J connectivity index is 1.39. The van der Waals surface area contributed by atoms with E-state index in [-0.39, 0.29) is 57.0 Å². The van der Waals surface area contributed by atoms with Crippen LogP contribution in [0.4, 0.5) is 14.6 Å². The zero-order chi connectivity index (χ0) is 35.2. The number of pyridine rings is 1. The average molecular weight is 678 g/mol. The van der Waals surface area contributed by atoms with Crippen molar-refractivity contribution in [1.29, 1.82) is 5.26 Å². The Bertz CT molecular complexity index is 2120. The zero-order valence-electron chi connectivity index (χ0n) is 27.8. The van der Waals surface area contributed by atoms with E-state index in [1.807, 2.05) is 11.8 Å². The van der Waals surface area contributed by atoms with Gasteiger partial charge in [-0.05, 0) is 88.2 Å². The Hall–Kier alpha value is -5.33. The summed E-state index contributed by atoms with van der Waals surface area (Å²) in [5.41, 5.74) is -1.27. The molecule has 12 heteroatoms. The van der Waals surface area contributed by atoms with Crippen molar-refractivity contribution in [3.8, 4) is 41.4 Å². The highest BCUT2D eigenvalue weighted by atomic mass is 19.1. The first-order chi connectivity index (χ1) is 24.1. The lowest BCUT2D eigenvalue weighted by Crippen LogP contribution is -2.50. The van der Waals surface area contributed by atoms with Crippen LogP contribution in [0.5, 0.6) is 11.8 Å². The van der Waals surface area contributed by atoms with E-state index in [1.54, 1.807) is 0 Å². The monoisotopic (exact) mass is 677 g/mol. The molecule has 0 spiro atoms. The summed E-state index contributed by atoms with van der Waals surface area (Å²) in [6.45, 7) is 8.35. The number of rotatable bonds is 7. The number of fused-ring (bicyclic) bond motifs is 3. The Labute approximate surface area is 288 Å². The Kier molecular flexibility index (Phi) is 8.53. The van der Waals surface area contributed by atoms with Gasteiger partial charge < -0.3 is 20.1 Å². The number of hydrogen-bond donors (Lipinski definition) is 2. The van der Waals surface area contributed by atoms with E-state index < -0.39 is 29.0 Å². The van der Waals surface area contributed by atoms with Crippen LogP contribution < -0.4 is 15.0 Å². The van der Waals surface area contributed by atoms with Crippen molar-refractivity contribution in [3.05, 3.63) is 60.3 Å². The van der Waals surface area contributed by atoms with Crippen LogP contribution >= 0.6 is 0 Å². The molecular weight excluding hydrogens is 640 g/mol. The second-order valence-electron chi connectivity index (χ2n) is 13.7. The standard InChI is InChI=1S/C38H37F2N7O3/c1-4-25-28(39)10-9-23-17-24(48)18-26(31(23)25)33-32(40)34-27(19-42-33)35(45-36(44-34)50-22-38-12-7-15-47(38)16-8-13-38)46-14-6-11-37(3,21-41)29(20-46)43-30(49)5-2/h1,5,9-10,17-19,29,48H,2,6-8,11-16,20,22H2,3H3,(H,43,49)/t29-,37-/m0/s1. The lowest BCUT2D eigenvalue weighted by Gasteiger charge is -2.33. The number of benzene rings is 2. The van der Waals surface area contributed by atoms with Gasteiger partial charge in [-0.2, -0.15) is 15.2 Å². The van der Waals surface area contributed by atoms with E-state index in [0.717, 1.165) is 44.8 Å². The third-order valence-electron chi connectivity index (χ3n) is 10.7. The first-order valence-corrected chi connectivity index (χ1v) is 16.8. The molecule has 2 N–H and O–H groups in total. The summed E-state index contributed by atoms with van der Waals surface area (Å²) in [6, 6.07) is 7.16. The van der Waals surface area contributed by atoms with Crippen molar-refractivity contribution in [2.24, 2.45) is 5.41 Å². The van der Waals surface area contributed by atoms with Crippen molar-refractivity contribution in [1.82, 2.24) is 25.2 Å². The molecule has 0 radical (unpaired) electrons. The van der Waals surface area contributed by atoms with Crippen LogP contribution in [0.1, 0.15) is 51.0 Å². The van der Waals surface area contributed by atoms with E-state index in [0.29, 0.717) is 37.2 Å². The summed E-state index contributed by atoms with van der Waals surface area (Å²) in [5.74, 6) is 0.624. The number of aromatic hydroxyl groups is 1. The van der Waals surface area contributed by atoms with Crippen LogP contribution in [0, 0.1) is 40.7 Å². The molecule has 2 aromatic carbocycles. The fourth-order valence-corrected chi connectivity index (χ4v) is 8.01. The number of carbonyl (C=O) groups is 1. The molecule has 4 aromatic rings. The second-order valence-corrected chi connectivity index (χ2v) is 13.7. The molecule has 0 saturated carbocycles. The number of nitrogens with zero attached hydrogens (tertiary/aromatic N) is 6. The summed E-state index contributed by atoms with van der Waals surface area (Å²) in [4.78, 5) is 30.7. The summed E-state index contributed by atoms with van der Waals surface area (Å²) in [6.07, 6.45) is 13.5. The lowest BCUT2D eigenvalue weighted by atomic mass is 9.80. The fourth-order valence-electron chi connectivity index (χ4n) is 8.01. The average Bonchev–Trinajstić information content (AvgIpc) is 3.65. The molecule has 3 aliphatic rings. The number of nitrogens with one attached hydrogen (secondary N) is 1. The molecular formula is C38H37F2N7O3. The van der Waals surface area contributed by atoms with E-state index in [9.17, 15) is 19.6 Å². The van der Waals surface area contributed by atoms with Crippen molar-refractivity contribution in [2.75, 3.05) is 37.7 Å². The predicted molar refractivity (Wildman–Crippen MR) is 185 cm³/mol. The summed E-state index contributed by atoms with van der Waals surface area (Å²) < 4.78 is 38.3. The van der Waals surface area contributed by atoms with Crippen molar-refractivity contribution in [2.45, 2.75) is 57.0 Å². The molecule has 1 amide bonds. The first-order valence-electron chi connectivity index (χ1n) is 16.8. The Morgan fingerprint density at radius 1 is 1.20 bits per heavy atom. The number of phenols is 1. The molecule has 3 fully saturated rings. The number of hydrogen-bond acceptors (Lipinski definition) is 9. The molecule has 2 atom stereocenters. The normalized spacial score (nSPS) is 21.7. The van der Waals surface area contributed by atoms with Gasteiger partial charge in [-0.3, -0.25) is 14.7 Å². The molecule has 256 valence electrons. The SMILES string of the molecule is C#Cc1c(F)ccc2cc(O)cc(-c3ncc4c(N5CCC[C@@](C)(C#N)[C@@H](NC(=O)C=C)C5)nc(OCC56CCCN5CCC6)nc4c3F)c12. The molecule has 5 heterocycles. The molecule has 7 rings (SSSR count). The number of aromatic nitrogens is 3. The van der Waals surface area contributed by atoms with Gasteiger partial charge >= 0.3 is 6.01 Å². The van der Waals surface area contributed by atoms with Crippen molar-refractivity contribution >= 4 is 33.4 Å². The summed E-state index contributed by atoms with van der Waals surface area (Å²) in [7, 11) is 0. The maximum Gasteiger partial charge on any atom is 0.319 e. The predicted octanol–water partition coefficient (Wildman–Crippen LogP) is 5.62. The van der Waals surface area contributed by atoms with Gasteiger partial charge in [0.25, 0.3) is 0 Å². The highest BCUT2D eigenvalue weighted by Crippen LogP contribution is 2.42. The first kappa shape index (κ1) is 33.2. The number of phenolic OH excluding ortho intramolecular Hbond substituents is 1. The molecule has 0 aliphatic carbocycles. The third-order valence-corrected chi connectivity index (χ3v) is 10.7. The third kappa shape index (κ3) is 5.63. The maximum absolute atomic E-state index is 17.0. The van der Waals surface area contributed by atoms with Crippen LogP contribution in [0.15, 0.2) is 43.1 Å². The number of nitriles is 1. The van der Waals surface area contributed by atoms with E-state index in [1.165, 1.54) is 30.5 Å². The number of ether oxygens (including phenoxy) is 1. The van der Waals surface area contributed by atoms with Gasteiger partial charge in [-0.25, -0.2) is 8.78 Å². The summed E-state index contributed by atoms with van der Waals surface area (Å²) in [5, 5.41) is 24.6. The fraction of sp³-hybridized carbons (Fsp3) is 0.395. The van der Waals surface area contributed by atoms with E-state index in [4.69, 9.17) is 16.1 Å². The smallest absolute Gasteiger partial charge is 0.319 e. The number of halogens is 2. The largest absolute Gasteiger partial charge is 0.508 e. The number of anilines is 1. The topological polar surface area (TPSA) is 128 Å². The van der Waals surface area contributed by atoms with Crippen LogP contribution in [0.25, 0.3) is 32.9 Å². The minimum Gasteiger partial charge on any atom is -0.508 e. The molecule has 2 aromatic heterocycles. The highest BCUT2D eigenvalue weighted by Gasteiger charge is 2.45. The van der Waals surface area contributed by atoms with Crippen LogP contribution in [0.2, 0.25) is 0 Å². The van der Waals surface area contributed by atoms with Crippen molar-refractivity contribution in [3.63, 3.8) is 0 Å². The Morgan fingerprint density at radius 2 is 1.96 bits per heavy atom. The molecule has 0 unspecified atom stereocenters. The van der Waals surface area contributed by atoms with Crippen molar-refractivity contribution < 1.29 is 23.4 Å². The zero-order valence-corrected chi connectivity index (χ0v) is 27.8. The Morgan fingerprint density at radius 3 is 2.68 bits per heavy atom. The van der Waals surface area contributed by atoms with Crippen LogP contribution in [-0.2, 0) is 4.79 Å². The molecule has 3 aliphatic heterocycles. The van der Waals surface area contributed by atoms with E-state index in [2.05, 4.69) is 38.8 Å². The van der Waals surface area contributed by atoms with Gasteiger partial charge in [0.2, 0.25) is 5.91 Å². The van der Waals surface area contributed by atoms with Gasteiger partial charge in [0, 0.05) is 30.2 Å². The minimum absolute atomic E-state index is 0.0215. The number of terminal acetylenes is 1. The quantitative estimate of drug-likeness (QED) is 0.189. The minimum atomic E-state index is -0.889. The lowest BCUT2D eigenvalue weighted by molar-refractivity contribution is -0.117. The number of carbonyl (C=O) groups excluding carboxylic acids is 1. The highest BCUT2D eigenvalue weighted by molar-refractivity contribution is 6.03. The molecule has 3 saturated heterocycles. The van der Waals surface area contributed by atoms with Gasteiger partial charge in [-0.15, -0.1) is 6.42 Å². The molecule has 50 heavy (non-hydrogen) atoms. The number of amides is 1. The van der Waals surface area contributed by atoms with Gasteiger partial charge in [0.1, 0.15) is 35.2 Å². The summed E-state index contributed by atoms with van der Waals surface area (Å²) >= 11 is 0. The maximum atomic E-state index is 17.0. The molecule has 0 bridgehead atoms. The van der Waals surface area contributed by atoms with Gasteiger partial charge in [-0.1, -0.05) is 18.6 Å². The van der Waals surface area contributed by atoms with Crippen LogP contribution in [0.3, 0.4) is 0 Å².